The molecule has 25 heavy (non-hydrogen) atoms. The number of hydrogen-bond acceptors (Lipinski definition) is 8. The molecule has 0 N–H and O–H groups in total. The summed E-state index contributed by atoms with van der Waals surface area (Å²) in [6, 6.07) is -0.236. The van der Waals surface area contributed by atoms with Crippen molar-refractivity contribution in [3.05, 3.63) is 0 Å². The predicted molar refractivity (Wildman–Crippen MR) is 91.2 cm³/mol. The van der Waals surface area contributed by atoms with E-state index in [-0.39, 0.29) is 17.9 Å². The van der Waals surface area contributed by atoms with Crippen LogP contribution in [0.5, 0.6) is 0 Å². The summed E-state index contributed by atoms with van der Waals surface area (Å²) in [5, 5.41) is 0. The highest BCUT2D eigenvalue weighted by Gasteiger charge is 2.59. The van der Waals surface area contributed by atoms with Crippen LogP contribution < -0.4 is 0 Å². The fraction of sp³-hybridized carbons (Fsp3) is 0.800. The van der Waals surface area contributed by atoms with Crippen molar-refractivity contribution in [1.29, 1.82) is 0 Å². The molecule has 138 valence electrons. The van der Waals surface area contributed by atoms with Gasteiger partial charge in [0.2, 0.25) is 0 Å². The first-order valence-electron chi connectivity index (χ1n) is 8.44. The highest BCUT2D eigenvalue weighted by Crippen LogP contribution is 2.60. The van der Waals surface area contributed by atoms with Crippen molar-refractivity contribution in [2.75, 3.05) is 0 Å². The average molecular weight is 372 g/mol. The number of halogens is 1. The van der Waals surface area contributed by atoms with Crippen molar-refractivity contribution in [3.8, 4) is 0 Å². The number of aliphatic imine (C=N–C) groups is 3. The van der Waals surface area contributed by atoms with Crippen LogP contribution in [-0.4, -0.2) is 71.9 Å². The minimum absolute atomic E-state index is 0.236. The van der Waals surface area contributed by atoms with Crippen molar-refractivity contribution < 1.29 is 22.7 Å². The molecule has 4 unspecified atom stereocenters. The third kappa shape index (κ3) is 2.60. The first-order chi connectivity index (χ1) is 11.8. The summed E-state index contributed by atoms with van der Waals surface area (Å²) < 4.78 is 45.1. The Morgan fingerprint density at radius 1 is 1.28 bits per heavy atom. The number of hydrogen-bond donors (Lipinski definition) is 0. The van der Waals surface area contributed by atoms with E-state index in [4.69, 9.17) is 13.8 Å². The van der Waals surface area contributed by atoms with E-state index in [1.807, 2.05) is 6.92 Å². The normalized spacial score (nSPS) is 48.6. The second-order valence-electron chi connectivity index (χ2n) is 7.06. The summed E-state index contributed by atoms with van der Waals surface area (Å²) in [6.45, 7) is 7.08. The summed E-state index contributed by atoms with van der Waals surface area (Å²) in [4.78, 5) is 14.5. The van der Waals surface area contributed by atoms with Gasteiger partial charge in [-0.05, 0) is 13.8 Å². The zero-order valence-corrected chi connectivity index (χ0v) is 15.4. The third-order valence-electron chi connectivity index (χ3n) is 5.03. The summed E-state index contributed by atoms with van der Waals surface area (Å²) >= 11 is 0. The van der Waals surface area contributed by atoms with Crippen molar-refractivity contribution >= 4 is 26.0 Å². The Balaban J connectivity index is 1.57. The Bertz CT molecular complexity index is 699. The van der Waals surface area contributed by atoms with Gasteiger partial charge in [-0.25, -0.2) is 14.4 Å². The van der Waals surface area contributed by atoms with Crippen molar-refractivity contribution in [2.45, 2.75) is 76.3 Å². The summed E-state index contributed by atoms with van der Waals surface area (Å²) in [7, 11) is -3.37. The quantitative estimate of drug-likeness (QED) is 0.692. The Kier molecular flexibility index (Phi) is 4.11. The van der Waals surface area contributed by atoms with E-state index in [1.54, 1.807) is 32.0 Å². The van der Waals surface area contributed by atoms with E-state index in [0.717, 1.165) is 5.71 Å². The molecule has 0 saturated carbocycles. The van der Waals surface area contributed by atoms with Crippen LogP contribution in [0.4, 0.5) is 4.39 Å². The monoisotopic (exact) mass is 372 g/mol. The molecule has 4 heterocycles. The van der Waals surface area contributed by atoms with Gasteiger partial charge in [0.1, 0.15) is 24.6 Å². The molecule has 4 rings (SSSR count). The molecule has 0 radical (unpaired) electrons. The van der Waals surface area contributed by atoms with Crippen molar-refractivity contribution in [1.82, 2.24) is 4.90 Å². The number of alkyl halides is 1. The highest BCUT2D eigenvalue weighted by molar-refractivity contribution is 7.54. The van der Waals surface area contributed by atoms with Gasteiger partial charge >= 0.3 is 7.60 Å². The number of fused-ring (bicyclic) bond motifs is 2. The molecule has 10 heteroatoms. The van der Waals surface area contributed by atoms with Crippen LogP contribution >= 0.6 is 7.60 Å². The molecule has 8 nitrogen and oxygen atoms in total. The highest BCUT2D eigenvalue weighted by atomic mass is 31.2. The summed E-state index contributed by atoms with van der Waals surface area (Å²) in [5.74, 6) is 0. The molecule has 0 aromatic rings. The van der Waals surface area contributed by atoms with Gasteiger partial charge in [-0.1, -0.05) is 13.8 Å². The van der Waals surface area contributed by atoms with Crippen LogP contribution in [0.2, 0.25) is 0 Å². The van der Waals surface area contributed by atoms with Crippen molar-refractivity contribution in [2.24, 2.45) is 15.0 Å². The van der Waals surface area contributed by atoms with Gasteiger partial charge in [-0.3, -0.25) is 14.1 Å². The lowest BCUT2D eigenvalue weighted by molar-refractivity contribution is -0.102. The van der Waals surface area contributed by atoms with Crippen LogP contribution in [0.15, 0.2) is 15.0 Å². The maximum atomic E-state index is 15.2. The molecule has 0 spiro atoms. The van der Waals surface area contributed by atoms with Gasteiger partial charge < -0.3 is 14.2 Å². The molecule has 0 aromatic carbocycles. The van der Waals surface area contributed by atoms with Gasteiger partial charge in [-0.2, -0.15) is 0 Å². The van der Waals surface area contributed by atoms with Gasteiger partial charge in [0.05, 0.1) is 18.1 Å². The largest absolute Gasteiger partial charge is 0.346 e. The minimum Gasteiger partial charge on any atom is -0.346 e. The maximum Gasteiger partial charge on any atom is 0.333 e. The number of nitrogens with zero attached hydrogens (tertiary/aromatic N) is 4. The molecule has 0 aromatic heterocycles. The fourth-order valence-electron chi connectivity index (χ4n) is 3.54. The second kappa shape index (κ2) is 5.94. The third-order valence-corrected chi connectivity index (χ3v) is 7.46. The number of rotatable bonds is 2. The van der Waals surface area contributed by atoms with Crippen LogP contribution in [0, 0.1) is 0 Å². The zero-order chi connectivity index (χ0) is 17.9. The Hall–Kier alpha value is -1.15. The van der Waals surface area contributed by atoms with Crippen molar-refractivity contribution in [3.63, 3.8) is 0 Å². The lowest BCUT2D eigenvalue weighted by Crippen LogP contribution is -2.49. The molecule has 2 saturated heterocycles. The topological polar surface area (TPSA) is 85.1 Å². The minimum atomic E-state index is -3.37. The average Bonchev–Trinajstić information content (AvgIpc) is 3.11. The van der Waals surface area contributed by atoms with Crippen LogP contribution in [-0.2, 0) is 18.3 Å². The molecule has 8 atom stereocenters. The Labute approximate surface area is 145 Å². The molecule has 2 fully saturated rings. The van der Waals surface area contributed by atoms with Crippen LogP contribution in [0.25, 0.3) is 0 Å². The maximum absolute atomic E-state index is 15.2. The van der Waals surface area contributed by atoms with Gasteiger partial charge in [0, 0.05) is 5.71 Å². The summed E-state index contributed by atoms with van der Waals surface area (Å²) in [5.41, 5.74) is 0.475. The van der Waals surface area contributed by atoms with Crippen LogP contribution in [0.3, 0.4) is 0 Å². The van der Waals surface area contributed by atoms with Crippen LogP contribution in [0.1, 0.15) is 27.7 Å². The Morgan fingerprint density at radius 3 is 2.76 bits per heavy atom. The van der Waals surface area contributed by atoms with Gasteiger partial charge in [-0.15, -0.1) is 0 Å². The van der Waals surface area contributed by atoms with E-state index in [0.29, 0.717) is 0 Å². The van der Waals surface area contributed by atoms with E-state index >= 15 is 4.39 Å². The first-order valence-corrected chi connectivity index (χ1v) is 10.1. The lowest BCUT2D eigenvalue weighted by atomic mass is 10.1. The van der Waals surface area contributed by atoms with E-state index in [1.165, 1.54) is 6.34 Å². The SMILES string of the molecule is CC1=NC=NC2C1N=CN2[C@@H]1O[C@@H]2C(C)OP(=O)(C(C)C)O[C@H]2[C@H]1F. The molecular formula is C15H22FN4O4P. The smallest absolute Gasteiger partial charge is 0.333 e. The lowest BCUT2D eigenvalue weighted by Gasteiger charge is -2.37. The Morgan fingerprint density at radius 2 is 2.04 bits per heavy atom. The molecule has 4 aliphatic heterocycles. The number of ether oxygens (including phenoxy) is 1. The standard InChI is InChI=1S/C15H22FN4O4P/c1-7(2)25(21)23-9(4)12-13(24-25)10(16)15(22-12)20-6-19-11-8(3)17-5-18-14(11)20/h5-7,9-15H,1-4H3/t9?,10-,11?,12-,13+,14?,15-,25?/m1/s1. The fourth-order valence-corrected chi connectivity index (χ4v) is 5.24. The van der Waals surface area contributed by atoms with E-state index < -0.39 is 38.3 Å². The van der Waals surface area contributed by atoms with E-state index in [2.05, 4.69) is 15.0 Å². The van der Waals surface area contributed by atoms with E-state index in [9.17, 15) is 4.57 Å². The molecule has 4 aliphatic rings. The molecule has 0 aliphatic carbocycles. The molecule has 0 bridgehead atoms. The zero-order valence-electron chi connectivity index (χ0n) is 14.5. The van der Waals surface area contributed by atoms with Gasteiger partial charge in [0.25, 0.3) is 0 Å². The second-order valence-corrected chi connectivity index (χ2v) is 9.59. The molecular weight excluding hydrogens is 350 g/mol. The predicted octanol–water partition coefficient (Wildman–Crippen LogP) is 2.00. The van der Waals surface area contributed by atoms with Gasteiger partial charge in [0.15, 0.2) is 18.6 Å². The molecule has 0 amide bonds. The first kappa shape index (κ1) is 17.3. The summed E-state index contributed by atoms with van der Waals surface area (Å²) in [6.07, 6.45) is -1.85.